The summed E-state index contributed by atoms with van der Waals surface area (Å²) in [5, 5.41) is 3.06. The molecule has 3 rings (SSSR count). The van der Waals surface area contributed by atoms with Crippen molar-refractivity contribution < 1.29 is 14.4 Å². The zero-order valence-corrected chi connectivity index (χ0v) is 15.3. The van der Waals surface area contributed by atoms with Crippen LogP contribution in [-0.2, 0) is 4.79 Å². The van der Waals surface area contributed by atoms with Gasteiger partial charge in [0.15, 0.2) is 0 Å². The Bertz CT molecular complexity index is 689. The standard InChI is InChI=1S/C18H21BrN2O3/c1-11-4-2-3-5-15(11)20-16(22)8-9-21-17(23)13-7-6-12(19)10-14(13)18(21)24/h6-7,10-11,15H,2-5,8-9H2,1H3,(H,20,22). The minimum absolute atomic E-state index is 0.0912. The molecule has 1 aromatic rings. The van der Waals surface area contributed by atoms with Crippen molar-refractivity contribution in [1.29, 1.82) is 0 Å². The molecule has 2 aliphatic rings. The van der Waals surface area contributed by atoms with E-state index in [1.165, 1.54) is 11.3 Å². The second kappa shape index (κ2) is 7.05. The van der Waals surface area contributed by atoms with Gasteiger partial charge in [-0.15, -0.1) is 0 Å². The third-order valence-corrected chi connectivity index (χ3v) is 5.45. The molecule has 1 aliphatic heterocycles. The Balaban J connectivity index is 1.58. The first kappa shape index (κ1) is 17.1. The second-order valence-corrected chi connectivity index (χ2v) is 7.55. The summed E-state index contributed by atoms with van der Waals surface area (Å²) in [7, 11) is 0. The fourth-order valence-electron chi connectivity index (χ4n) is 3.49. The van der Waals surface area contributed by atoms with Gasteiger partial charge in [0.25, 0.3) is 11.8 Å². The van der Waals surface area contributed by atoms with Crippen molar-refractivity contribution in [1.82, 2.24) is 10.2 Å². The maximum atomic E-state index is 12.4. The Kier molecular flexibility index (Phi) is 5.04. The van der Waals surface area contributed by atoms with Gasteiger partial charge in [0, 0.05) is 23.5 Å². The first-order valence-electron chi connectivity index (χ1n) is 8.42. The molecule has 0 aromatic heterocycles. The number of rotatable bonds is 4. The predicted molar refractivity (Wildman–Crippen MR) is 93.7 cm³/mol. The monoisotopic (exact) mass is 392 g/mol. The summed E-state index contributed by atoms with van der Waals surface area (Å²) >= 11 is 3.31. The molecule has 128 valence electrons. The normalized spacial score (nSPS) is 23.3. The molecule has 2 unspecified atom stereocenters. The van der Waals surface area contributed by atoms with Crippen LogP contribution in [0.2, 0.25) is 0 Å². The van der Waals surface area contributed by atoms with E-state index in [0.717, 1.165) is 23.7 Å². The molecular formula is C18H21BrN2O3. The van der Waals surface area contributed by atoms with Crippen molar-refractivity contribution in [2.45, 2.75) is 45.1 Å². The summed E-state index contributed by atoms with van der Waals surface area (Å²) in [6.07, 6.45) is 4.66. The Morgan fingerprint density at radius 1 is 1.21 bits per heavy atom. The minimum Gasteiger partial charge on any atom is -0.353 e. The van der Waals surface area contributed by atoms with E-state index in [1.54, 1.807) is 18.2 Å². The van der Waals surface area contributed by atoms with E-state index in [1.807, 2.05) is 0 Å². The van der Waals surface area contributed by atoms with Crippen LogP contribution in [-0.4, -0.2) is 35.2 Å². The quantitative estimate of drug-likeness (QED) is 0.800. The van der Waals surface area contributed by atoms with E-state index in [0.29, 0.717) is 17.0 Å². The summed E-state index contributed by atoms with van der Waals surface area (Å²) in [6.45, 7) is 2.28. The molecule has 24 heavy (non-hydrogen) atoms. The SMILES string of the molecule is CC1CCCCC1NC(=O)CCN1C(=O)c2ccc(Br)cc2C1=O. The Morgan fingerprint density at radius 2 is 1.92 bits per heavy atom. The molecule has 0 saturated heterocycles. The number of carbonyl (C=O) groups excluding carboxylic acids is 3. The van der Waals surface area contributed by atoms with Gasteiger partial charge in [-0.3, -0.25) is 19.3 Å². The largest absolute Gasteiger partial charge is 0.353 e. The van der Waals surface area contributed by atoms with Gasteiger partial charge in [-0.1, -0.05) is 35.7 Å². The van der Waals surface area contributed by atoms with Crippen molar-refractivity contribution >= 4 is 33.7 Å². The van der Waals surface area contributed by atoms with Crippen molar-refractivity contribution in [3.63, 3.8) is 0 Å². The highest BCUT2D eigenvalue weighted by molar-refractivity contribution is 9.10. The predicted octanol–water partition coefficient (Wildman–Crippen LogP) is 3.13. The Labute approximate surface area is 149 Å². The summed E-state index contributed by atoms with van der Waals surface area (Å²) in [5.74, 6) is -0.248. The number of hydrogen-bond donors (Lipinski definition) is 1. The second-order valence-electron chi connectivity index (χ2n) is 6.64. The van der Waals surface area contributed by atoms with Crippen molar-refractivity contribution in [2.75, 3.05) is 6.54 Å². The molecule has 1 N–H and O–H groups in total. The Morgan fingerprint density at radius 3 is 2.67 bits per heavy atom. The molecule has 2 atom stereocenters. The highest BCUT2D eigenvalue weighted by Crippen LogP contribution is 2.26. The van der Waals surface area contributed by atoms with Crippen molar-refractivity contribution in [3.05, 3.63) is 33.8 Å². The molecular weight excluding hydrogens is 372 g/mol. The number of amides is 3. The molecule has 0 bridgehead atoms. The van der Waals surface area contributed by atoms with Gasteiger partial charge in [0.2, 0.25) is 5.91 Å². The van der Waals surface area contributed by atoms with Gasteiger partial charge in [-0.2, -0.15) is 0 Å². The lowest BCUT2D eigenvalue weighted by molar-refractivity contribution is -0.122. The van der Waals surface area contributed by atoms with Crippen LogP contribution < -0.4 is 5.32 Å². The van der Waals surface area contributed by atoms with Crippen LogP contribution >= 0.6 is 15.9 Å². The van der Waals surface area contributed by atoms with Crippen LogP contribution in [0.25, 0.3) is 0 Å². The van der Waals surface area contributed by atoms with Gasteiger partial charge in [0.05, 0.1) is 11.1 Å². The van der Waals surface area contributed by atoms with Gasteiger partial charge < -0.3 is 5.32 Å². The molecule has 6 heteroatoms. The van der Waals surface area contributed by atoms with Crippen LogP contribution in [0.1, 0.15) is 59.7 Å². The number of nitrogens with zero attached hydrogens (tertiary/aromatic N) is 1. The highest BCUT2D eigenvalue weighted by atomic mass is 79.9. The van der Waals surface area contributed by atoms with E-state index in [9.17, 15) is 14.4 Å². The zero-order valence-electron chi connectivity index (χ0n) is 13.7. The fraction of sp³-hybridized carbons (Fsp3) is 0.500. The fourth-order valence-corrected chi connectivity index (χ4v) is 3.85. The number of carbonyl (C=O) groups is 3. The zero-order chi connectivity index (χ0) is 17.3. The van der Waals surface area contributed by atoms with E-state index in [-0.39, 0.29) is 36.7 Å². The maximum Gasteiger partial charge on any atom is 0.261 e. The first-order valence-corrected chi connectivity index (χ1v) is 9.22. The first-order chi connectivity index (χ1) is 11.5. The van der Waals surface area contributed by atoms with Crippen LogP contribution in [0.4, 0.5) is 0 Å². The van der Waals surface area contributed by atoms with Gasteiger partial charge in [-0.25, -0.2) is 0 Å². The van der Waals surface area contributed by atoms with Crippen LogP contribution in [0.5, 0.6) is 0 Å². The summed E-state index contributed by atoms with van der Waals surface area (Å²) in [6, 6.07) is 5.25. The molecule has 1 aromatic carbocycles. The Hall–Kier alpha value is -1.69. The topological polar surface area (TPSA) is 66.5 Å². The molecule has 0 radical (unpaired) electrons. The molecule has 1 heterocycles. The van der Waals surface area contributed by atoms with Gasteiger partial charge >= 0.3 is 0 Å². The van der Waals surface area contributed by atoms with Crippen LogP contribution in [0.3, 0.4) is 0 Å². The smallest absolute Gasteiger partial charge is 0.261 e. The lowest BCUT2D eigenvalue weighted by Gasteiger charge is -2.29. The van der Waals surface area contributed by atoms with E-state index in [4.69, 9.17) is 0 Å². The van der Waals surface area contributed by atoms with Gasteiger partial charge in [-0.05, 0) is 37.0 Å². The van der Waals surface area contributed by atoms with E-state index in [2.05, 4.69) is 28.2 Å². The lowest BCUT2D eigenvalue weighted by Crippen LogP contribution is -2.42. The molecule has 5 nitrogen and oxygen atoms in total. The molecule has 1 saturated carbocycles. The third kappa shape index (κ3) is 3.38. The molecule has 1 aliphatic carbocycles. The van der Waals surface area contributed by atoms with Crippen LogP contribution in [0, 0.1) is 5.92 Å². The number of nitrogens with one attached hydrogen (secondary N) is 1. The van der Waals surface area contributed by atoms with Crippen molar-refractivity contribution in [3.8, 4) is 0 Å². The number of imide groups is 1. The summed E-state index contributed by atoms with van der Waals surface area (Å²) < 4.78 is 0.758. The number of hydrogen-bond acceptors (Lipinski definition) is 3. The summed E-state index contributed by atoms with van der Waals surface area (Å²) in [5.41, 5.74) is 0.806. The number of benzene rings is 1. The van der Waals surface area contributed by atoms with E-state index >= 15 is 0 Å². The highest BCUT2D eigenvalue weighted by Gasteiger charge is 2.35. The molecule has 1 fully saturated rings. The van der Waals surface area contributed by atoms with E-state index < -0.39 is 0 Å². The number of fused-ring (bicyclic) bond motifs is 1. The lowest BCUT2D eigenvalue weighted by atomic mass is 9.86. The van der Waals surface area contributed by atoms with Crippen molar-refractivity contribution in [2.24, 2.45) is 5.92 Å². The maximum absolute atomic E-state index is 12.4. The van der Waals surface area contributed by atoms with Gasteiger partial charge in [0.1, 0.15) is 0 Å². The average Bonchev–Trinajstić information content (AvgIpc) is 2.78. The molecule has 0 spiro atoms. The third-order valence-electron chi connectivity index (χ3n) is 4.95. The van der Waals surface area contributed by atoms with Crippen LogP contribution in [0.15, 0.2) is 22.7 Å². The minimum atomic E-state index is -0.324. The summed E-state index contributed by atoms with van der Waals surface area (Å²) in [4.78, 5) is 38.1. The average molecular weight is 393 g/mol. The number of halogens is 1. The molecule has 3 amide bonds.